The van der Waals surface area contributed by atoms with Crippen LogP contribution in [0.5, 0.6) is 17.2 Å². The number of para-hydroxylation sites is 1. The molecule has 1 aliphatic rings. The number of nitriles is 1. The number of rotatable bonds is 8. The Hall–Kier alpha value is -4.24. The Morgan fingerprint density at radius 3 is 2.57 bits per heavy atom. The Balaban J connectivity index is 1.62. The fraction of sp³-hybridized carbons (Fsp3) is 0.241. The summed E-state index contributed by atoms with van der Waals surface area (Å²) in [5.41, 5.74) is 9.75. The number of nitrogens with zero attached hydrogens (tertiary/aromatic N) is 1. The van der Waals surface area contributed by atoms with Crippen molar-refractivity contribution < 1.29 is 19.0 Å². The SMILES string of the molecule is CCCCOc1ccccc1C(=O)Oc1ccc2c(c1)OC(N)=C(C#N)C2c1ccc(CC)cc1. The van der Waals surface area contributed by atoms with E-state index < -0.39 is 5.97 Å². The second kappa shape index (κ2) is 10.8. The molecule has 0 bridgehead atoms. The molecule has 0 spiro atoms. The maximum atomic E-state index is 12.9. The van der Waals surface area contributed by atoms with Crippen molar-refractivity contribution in [2.24, 2.45) is 5.73 Å². The lowest BCUT2D eigenvalue weighted by Crippen LogP contribution is -2.21. The van der Waals surface area contributed by atoms with E-state index in [0.29, 0.717) is 35.0 Å². The van der Waals surface area contributed by atoms with Crippen molar-refractivity contribution in [2.75, 3.05) is 6.61 Å². The summed E-state index contributed by atoms with van der Waals surface area (Å²) >= 11 is 0. The number of carbonyl (C=O) groups is 1. The smallest absolute Gasteiger partial charge is 0.347 e. The van der Waals surface area contributed by atoms with Crippen LogP contribution in [-0.2, 0) is 6.42 Å². The van der Waals surface area contributed by atoms with Crippen molar-refractivity contribution in [3.05, 3.63) is 100 Å². The van der Waals surface area contributed by atoms with Gasteiger partial charge in [0, 0.05) is 11.6 Å². The number of nitrogens with two attached hydrogens (primary N) is 1. The molecule has 1 aliphatic heterocycles. The predicted molar refractivity (Wildman–Crippen MR) is 133 cm³/mol. The molecule has 0 radical (unpaired) electrons. The van der Waals surface area contributed by atoms with E-state index in [9.17, 15) is 10.1 Å². The zero-order valence-electron chi connectivity index (χ0n) is 19.9. The summed E-state index contributed by atoms with van der Waals surface area (Å²) in [5, 5.41) is 9.77. The fourth-order valence-electron chi connectivity index (χ4n) is 4.04. The van der Waals surface area contributed by atoms with Gasteiger partial charge >= 0.3 is 5.97 Å². The summed E-state index contributed by atoms with van der Waals surface area (Å²) in [5.74, 6) is 0.395. The summed E-state index contributed by atoms with van der Waals surface area (Å²) < 4.78 is 17.2. The van der Waals surface area contributed by atoms with Gasteiger partial charge in [0.05, 0.1) is 12.5 Å². The normalized spacial score (nSPS) is 14.5. The van der Waals surface area contributed by atoms with Gasteiger partial charge in [0.2, 0.25) is 5.88 Å². The Morgan fingerprint density at radius 1 is 1.09 bits per heavy atom. The van der Waals surface area contributed by atoms with Crippen LogP contribution in [0.4, 0.5) is 0 Å². The first-order valence-corrected chi connectivity index (χ1v) is 11.8. The Bertz CT molecular complexity index is 1290. The number of aryl methyl sites for hydroxylation is 1. The second-order valence-corrected chi connectivity index (χ2v) is 8.31. The number of benzene rings is 3. The molecule has 0 aliphatic carbocycles. The van der Waals surface area contributed by atoms with E-state index in [-0.39, 0.29) is 11.8 Å². The zero-order chi connectivity index (χ0) is 24.8. The first kappa shape index (κ1) is 23.9. The van der Waals surface area contributed by atoms with Gasteiger partial charge in [-0.05, 0) is 42.2 Å². The van der Waals surface area contributed by atoms with Gasteiger partial charge in [0.1, 0.15) is 34.5 Å². The molecule has 0 saturated heterocycles. The number of ether oxygens (including phenoxy) is 3. The summed E-state index contributed by atoms with van der Waals surface area (Å²) in [7, 11) is 0. The molecule has 0 saturated carbocycles. The molecule has 4 rings (SSSR count). The maximum Gasteiger partial charge on any atom is 0.347 e. The van der Waals surface area contributed by atoms with Crippen LogP contribution in [0.3, 0.4) is 0 Å². The lowest BCUT2D eigenvalue weighted by molar-refractivity contribution is 0.0730. The van der Waals surface area contributed by atoms with E-state index >= 15 is 0 Å². The summed E-state index contributed by atoms with van der Waals surface area (Å²) in [6.45, 7) is 4.70. The topological polar surface area (TPSA) is 94.6 Å². The largest absolute Gasteiger partial charge is 0.493 e. The van der Waals surface area contributed by atoms with Gasteiger partial charge in [-0.1, -0.05) is 62.7 Å². The third-order valence-electron chi connectivity index (χ3n) is 5.98. The van der Waals surface area contributed by atoms with E-state index in [0.717, 1.165) is 30.4 Å². The molecule has 3 aromatic carbocycles. The number of fused-ring (bicyclic) bond motifs is 1. The molecular weight excluding hydrogens is 440 g/mol. The molecule has 6 heteroatoms. The van der Waals surface area contributed by atoms with E-state index in [4.69, 9.17) is 19.9 Å². The summed E-state index contributed by atoms with van der Waals surface area (Å²) in [4.78, 5) is 12.9. The average molecular weight is 469 g/mol. The van der Waals surface area contributed by atoms with Crippen molar-refractivity contribution in [1.29, 1.82) is 5.26 Å². The number of unbranched alkanes of at least 4 members (excludes halogenated alkanes) is 1. The van der Waals surface area contributed by atoms with E-state index in [2.05, 4.69) is 19.9 Å². The van der Waals surface area contributed by atoms with Gasteiger partial charge in [0.25, 0.3) is 0 Å². The molecular formula is C29H28N2O4. The zero-order valence-corrected chi connectivity index (χ0v) is 19.9. The molecule has 2 N–H and O–H groups in total. The van der Waals surface area contributed by atoms with Gasteiger partial charge in [-0.25, -0.2) is 4.79 Å². The molecule has 178 valence electrons. The predicted octanol–water partition coefficient (Wildman–Crippen LogP) is 5.87. The van der Waals surface area contributed by atoms with Crippen LogP contribution in [0, 0.1) is 11.3 Å². The molecule has 35 heavy (non-hydrogen) atoms. The van der Waals surface area contributed by atoms with E-state index in [1.165, 1.54) is 5.56 Å². The Labute approximate surface area is 205 Å². The van der Waals surface area contributed by atoms with Crippen molar-refractivity contribution >= 4 is 5.97 Å². The minimum Gasteiger partial charge on any atom is -0.493 e. The van der Waals surface area contributed by atoms with Crippen molar-refractivity contribution in [2.45, 2.75) is 39.0 Å². The highest BCUT2D eigenvalue weighted by atomic mass is 16.5. The molecule has 6 nitrogen and oxygen atoms in total. The van der Waals surface area contributed by atoms with Gasteiger partial charge in [0.15, 0.2) is 0 Å². The van der Waals surface area contributed by atoms with Gasteiger partial charge in [-0.3, -0.25) is 0 Å². The molecule has 1 unspecified atom stereocenters. The van der Waals surface area contributed by atoms with Crippen LogP contribution in [0.15, 0.2) is 78.2 Å². The second-order valence-electron chi connectivity index (χ2n) is 8.31. The van der Waals surface area contributed by atoms with E-state index in [1.54, 1.807) is 30.3 Å². The number of hydrogen-bond donors (Lipinski definition) is 1. The molecule has 0 aromatic heterocycles. The molecule has 1 atom stereocenters. The van der Waals surface area contributed by atoms with Gasteiger partial charge in [-0.15, -0.1) is 0 Å². The highest BCUT2D eigenvalue weighted by Gasteiger charge is 2.31. The van der Waals surface area contributed by atoms with Crippen LogP contribution in [0.1, 0.15) is 59.7 Å². The highest BCUT2D eigenvalue weighted by molar-refractivity contribution is 5.94. The molecule has 3 aromatic rings. The fourth-order valence-corrected chi connectivity index (χ4v) is 4.04. The monoisotopic (exact) mass is 468 g/mol. The van der Waals surface area contributed by atoms with E-state index in [1.807, 2.05) is 36.4 Å². The quantitative estimate of drug-likeness (QED) is 0.253. The molecule has 0 amide bonds. The molecule has 0 fully saturated rings. The number of hydrogen-bond acceptors (Lipinski definition) is 6. The van der Waals surface area contributed by atoms with Crippen LogP contribution in [-0.4, -0.2) is 12.6 Å². The van der Waals surface area contributed by atoms with Crippen LogP contribution in [0.25, 0.3) is 0 Å². The Kier molecular flexibility index (Phi) is 7.37. The van der Waals surface area contributed by atoms with Crippen molar-refractivity contribution in [3.8, 4) is 23.3 Å². The lowest BCUT2D eigenvalue weighted by Gasteiger charge is -2.27. The minimum atomic E-state index is -0.527. The standard InChI is InChI=1S/C29H28N2O4/c1-3-5-16-33-25-9-7-6-8-23(25)29(32)34-21-14-15-22-26(17-21)35-28(31)24(18-30)27(22)20-12-10-19(4-2)11-13-20/h6-15,17,27H,3-5,16,31H2,1-2H3. The van der Waals surface area contributed by atoms with Crippen LogP contribution in [0.2, 0.25) is 0 Å². The molecule has 1 heterocycles. The van der Waals surface area contributed by atoms with Crippen LogP contribution < -0.4 is 19.9 Å². The maximum absolute atomic E-state index is 12.9. The third-order valence-corrected chi connectivity index (χ3v) is 5.98. The van der Waals surface area contributed by atoms with Gasteiger partial charge < -0.3 is 19.9 Å². The summed E-state index contributed by atoms with van der Waals surface area (Å²) in [6, 6.07) is 22.5. The number of carbonyl (C=O) groups excluding carboxylic acids is 1. The van der Waals surface area contributed by atoms with Crippen LogP contribution >= 0.6 is 0 Å². The van der Waals surface area contributed by atoms with Crippen molar-refractivity contribution in [1.82, 2.24) is 0 Å². The highest BCUT2D eigenvalue weighted by Crippen LogP contribution is 2.43. The third kappa shape index (κ3) is 5.15. The first-order chi connectivity index (χ1) is 17.0. The Morgan fingerprint density at radius 2 is 1.86 bits per heavy atom. The van der Waals surface area contributed by atoms with Gasteiger partial charge in [-0.2, -0.15) is 5.26 Å². The number of esters is 1. The number of allylic oxidation sites excluding steroid dienone is 1. The minimum absolute atomic E-state index is 0.0442. The summed E-state index contributed by atoms with van der Waals surface area (Å²) in [6.07, 6.45) is 2.82. The average Bonchev–Trinajstić information content (AvgIpc) is 2.88. The first-order valence-electron chi connectivity index (χ1n) is 11.8. The lowest BCUT2D eigenvalue weighted by atomic mass is 9.83. The van der Waals surface area contributed by atoms with Crippen molar-refractivity contribution in [3.63, 3.8) is 0 Å².